The van der Waals surface area contributed by atoms with Gasteiger partial charge in [0.25, 0.3) is 0 Å². The van der Waals surface area contributed by atoms with Gasteiger partial charge in [0, 0.05) is 11.7 Å². The van der Waals surface area contributed by atoms with Crippen LogP contribution in [0.1, 0.15) is 29.7 Å². The molecule has 0 fully saturated rings. The van der Waals surface area contributed by atoms with Crippen LogP contribution >= 0.6 is 0 Å². The van der Waals surface area contributed by atoms with E-state index in [0.717, 1.165) is 11.4 Å². The Balaban J connectivity index is 1.88. The second-order valence-electron chi connectivity index (χ2n) is 5.05. The Labute approximate surface area is 117 Å². The van der Waals surface area contributed by atoms with Crippen molar-refractivity contribution in [3.63, 3.8) is 0 Å². The van der Waals surface area contributed by atoms with Gasteiger partial charge >= 0.3 is 0 Å². The number of rotatable bonds is 5. The lowest BCUT2D eigenvalue weighted by atomic mass is 10.2. The van der Waals surface area contributed by atoms with Crippen LogP contribution < -0.4 is 5.32 Å². The van der Waals surface area contributed by atoms with Gasteiger partial charge in [0.15, 0.2) is 0 Å². The van der Waals surface area contributed by atoms with E-state index in [2.05, 4.69) is 25.4 Å². The minimum atomic E-state index is -0.0992. The van der Waals surface area contributed by atoms with Crippen molar-refractivity contribution < 1.29 is 9.42 Å². The molecule has 0 radical (unpaired) electrons. The molecule has 0 aliphatic heterocycles. The predicted octanol–water partition coefficient (Wildman–Crippen LogP) is 0.939. The quantitative estimate of drug-likeness (QED) is 0.879. The molecule has 0 aromatic carbocycles. The van der Waals surface area contributed by atoms with Gasteiger partial charge in [-0.3, -0.25) is 9.48 Å². The van der Waals surface area contributed by atoms with Crippen molar-refractivity contribution in [2.45, 2.75) is 46.7 Å². The Morgan fingerprint density at radius 1 is 1.40 bits per heavy atom. The van der Waals surface area contributed by atoms with Crippen molar-refractivity contribution in [3.05, 3.63) is 28.8 Å². The number of hydrogen-bond acceptors (Lipinski definition) is 5. The SMILES string of the molecule is Cc1cc(C)n(C[C@@H](C)NC(=O)Cc2nonc2C)n1. The third-order valence-corrected chi connectivity index (χ3v) is 3.03. The van der Waals surface area contributed by atoms with E-state index in [4.69, 9.17) is 0 Å². The average Bonchev–Trinajstić information content (AvgIpc) is 2.86. The number of carbonyl (C=O) groups excluding carboxylic acids is 1. The van der Waals surface area contributed by atoms with Gasteiger partial charge in [-0.1, -0.05) is 10.3 Å². The van der Waals surface area contributed by atoms with E-state index in [1.54, 1.807) is 6.92 Å². The topological polar surface area (TPSA) is 85.8 Å². The van der Waals surface area contributed by atoms with E-state index >= 15 is 0 Å². The van der Waals surface area contributed by atoms with Crippen molar-refractivity contribution in [2.24, 2.45) is 0 Å². The molecule has 0 aliphatic carbocycles. The molecule has 2 aromatic heterocycles. The number of aromatic nitrogens is 4. The van der Waals surface area contributed by atoms with Crippen molar-refractivity contribution in [1.82, 2.24) is 25.4 Å². The van der Waals surface area contributed by atoms with Crippen molar-refractivity contribution in [2.75, 3.05) is 0 Å². The maximum atomic E-state index is 11.9. The first-order valence-electron chi connectivity index (χ1n) is 6.54. The van der Waals surface area contributed by atoms with Crippen LogP contribution in [0.2, 0.25) is 0 Å². The van der Waals surface area contributed by atoms with E-state index in [9.17, 15) is 4.79 Å². The zero-order chi connectivity index (χ0) is 14.7. The number of nitrogens with zero attached hydrogens (tertiary/aromatic N) is 4. The first kappa shape index (κ1) is 14.2. The highest BCUT2D eigenvalue weighted by Gasteiger charge is 2.14. The molecule has 0 unspecified atom stereocenters. The summed E-state index contributed by atoms with van der Waals surface area (Å²) in [5.41, 5.74) is 3.28. The Kier molecular flexibility index (Phi) is 4.16. The molecule has 20 heavy (non-hydrogen) atoms. The van der Waals surface area contributed by atoms with Crippen molar-refractivity contribution in [3.8, 4) is 0 Å². The molecule has 7 nitrogen and oxygen atoms in total. The molecule has 2 heterocycles. The van der Waals surface area contributed by atoms with Crippen LogP contribution in [0.15, 0.2) is 10.7 Å². The molecule has 0 spiro atoms. The summed E-state index contributed by atoms with van der Waals surface area (Å²) < 4.78 is 6.46. The normalized spacial score (nSPS) is 12.4. The summed E-state index contributed by atoms with van der Waals surface area (Å²) in [6, 6.07) is 2.00. The summed E-state index contributed by atoms with van der Waals surface area (Å²) in [5.74, 6) is -0.0992. The zero-order valence-electron chi connectivity index (χ0n) is 12.2. The molecule has 0 saturated carbocycles. The molecule has 1 amide bonds. The molecule has 1 N–H and O–H groups in total. The van der Waals surface area contributed by atoms with E-state index in [0.29, 0.717) is 17.9 Å². The van der Waals surface area contributed by atoms with E-state index in [1.165, 1.54) is 0 Å². The lowest BCUT2D eigenvalue weighted by Gasteiger charge is -2.14. The summed E-state index contributed by atoms with van der Waals surface area (Å²) in [4.78, 5) is 11.9. The van der Waals surface area contributed by atoms with Crippen molar-refractivity contribution in [1.29, 1.82) is 0 Å². The maximum Gasteiger partial charge on any atom is 0.226 e. The fraction of sp³-hybridized carbons (Fsp3) is 0.538. The smallest absolute Gasteiger partial charge is 0.226 e. The molecule has 108 valence electrons. The number of amides is 1. The van der Waals surface area contributed by atoms with Crippen LogP contribution in [0.5, 0.6) is 0 Å². The first-order chi connectivity index (χ1) is 9.45. The summed E-state index contributed by atoms with van der Waals surface area (Å²) in [6.45, 7) is 8.30. The fourth-order valence-electron chi connectivity index (χ4n) is 2.05. The van der Waals surface area contributed by atoms with Crippen LogP contribution in [0, 0.1) is 20.8 Å². The van der Waals surface area contributed by atoms with Gasteiger partial charge < -0.3 is 5.32 Å². The van der Waals surface area contributed by atoms with Gasteiger partial charge in [0.2, 0.25) is 5.91 Å². The van der Waals surface area contributed by atoms with Crippen LogP contribution in [-0.4, -0.2) is 32.0 Å². The molecule has 0 bridgehead atoms. The second kappa shape index (κ2) is 5.85. The van der Waals surface area contributed by atoms with Gasteiger partial charge in [-0.25, -0.2) is 4.63 Å². The fourth-order valence-corrected chi connectivity index (χ4v) is 2.05. The number of hydrogen-bond donors (Lipinski definition) is 1. The van der Waals surface area contributed by atoms with Crippen molar-refractivity contribution >= 4 is 5.91 Å². The third-order valence-electron chi connectivity index (χ3n) is 3.03. The predicted molar refractivity (Wildman–Crippen MR) is 72.0 cm³/mol. The highest BCUT2D eigenvalue weighted by atomic mass is 16.6. The number of carbonyl (C=O) groups is 1. The average molecular weight is 277 g/mol. The van der Waals surface area contributed by atoms with E-state index in [-0.39, 0.29) is 18.4 Å². The van der Waals surface area contributed by atoms with Crippen LogP contribution in [0.25, 0.3) is 0 Å². The maximum absolute atomic E-state index is 11.9. The standard InChI is InChI=1S/C13H19N5O2/c1-8-5-10(3)18(15-8)7-9(2)14-13(19)6-12-11(4)16-20-17-12/h5,9H,6-7H2,1-4H3,(H,14,19)/t9-/m1/s1. The molecule has 2 aromatic rings. The van der Waals surface area contributed by atoms with E-state index in [1.807, 2.05) is 31.5 Å². The first-order valence-corrected chi connectivity index (χ1v) is 6.54. The Hall–Kier alpha value is -2.18. The molecule has 0 saturated heterocycles. The van der Waals surface area contributed by atoms with Gasteiger partial charge in [-0.2, -0.15) is 5.10 Å². The summed E-state index contributed by atoms with van der Waals surface area (Å²) in [7, 11) is 0. The van der Waals surface area contributed by atoms with Crippen LogP contribution in [0.3, 0.4) is 0 Å². The van der Waals surface area contributed by atoms with Crippen LogP contribution in [0.4, 0.5) is 0 Å². The largest absolute Gasteiger partial charge is 0.351 e. The second-order valence-corrected chi connectivity index (χ2v) is 5.05. The number of aryl methyl sites for hydroxylation is 3. The molecular weight excluding hydrogens is 258 g/mol. The van der Waals surface area contributed by atoms with Gasteiger partial charge in [0.1, 0.15) is 11.4 Å². The van der Waals surface area contributed by atoms with Gasteiger partial charge in [-0.05, 0) is 33.8 Å². The Bertz CT molecular complexity index is 602. The molecule has 0 aliphatic rings. The summed E-state index contributed by atoms with van der Waals surface area (Å²) in [6.07, 6.45) is 0.177. The zero-order valence-corrected chi connectivity index (χ0v) is 12.2. The monoisotopic (exact) mass is 277 g/mol. The third kappa shape index (κ3) is 3.43. The highest BCUT2D eigenvalue weighted by molar-refractivity contribution is 5.78. The van der Waals surface area contributed by atoms with Crippen LogP contribution in [-0.2, 0) is 17.8 Å². The van der Waals surface area contributed by atoms with E-state index < -0.39 is 0 Å². The number of nitrogens with one attached hydrogen (secondary N) is 1. The highest BCUT2D eigenvalue weighted by Crippen LogP contribution is 2.04. The van der Waals surface area contributed by atoms with Gasteiger partial charge in [0.05, 0.1) is 18.7 Å². The lowest BCUT2D eigenvalue weighted by Crippen LogP contribution is -2.37. The Morgan fingerprint density at radius 2 is 2.15 bits per heavy atom. The Morgan fingerprint density at radius 3 is 2.70 bits per heavy atom. The molecular formula is C13H19N5O2. The summed E-state index contributed by atoms with van der Waals surface area (Å²) >= 11 is 0. The minimum Gasteiger partial charge on any atom is -0.351 e. The lowest BCUT2D eigenvalue weighted by molar-refractivity contribution is -0.121. The molecule has 7 heteroatoms. The summed E-state index contributed by atoms with van der Waals surface area (Å²) in [5, 5.41) is 14.6. The van der Waals surface area contributed by atoms with Gasteiger partial charge in [-0.15, -0.1) is 0 Å². The molecule has 1 atom stereocenters. The molecule has 2 rings (SSSR count). The minimum absolute atomic E-state index is 0.0133.